The van der Waals surface area contributed by atoms with Crippen LogP contribution in [0.25, 0.3) is 0 Å². The number of fused-ring (bicyclic) bond motifs is 6. The Balaban J connectivity index is 1.16. The van der Waals surface area contributed by atoms with Crippen molar-refractivity contribution in [2.45, 2.75) is 118 Å². The molecule has 3 N–H and O–H groups in total. The van der Waals surface area contributed by atoms with E-state index < -0.39 is 58.3 Å². The number of Topliss-reactive ketones (excluding diaryl/α,β-unsaturated/α-hetero) is 2. The van der Waals surface area contributed by atoms with E-state index in [2.05, 4.69) is 13.8 Å². The summed E-state index contributed by atoms with van der Waals surface area (Å²) in [5.74, 6) is -4.12. The molecule has 6 aliphatic rings. The second-order valence-electron chi connectivity index (χ2n) is 18.7. The van der Waals surface area contributed by atoms with Crippen LogP contribution in [0.3, 0.4) is 0 Å². The average molecular weight is 754 g/mol. The summed E-state index contributed by atoms with van der Waals surface area (Å²) in [6, 6.07) is 0. The molecule has 15 unspecified atom stereocenters. The van der Waals surface area contributed by atoms with Crippen molar-refractivity contribution in [3.63, 3.8) is 0 Å². The number of likely N-dealkylation sites (N-methyl/N-ethyl adjacent to an activating group) is 1. The highest BCUT2D eigenvalue weighted by Gasteiger charge is 2.67. The lowest BCUT2D eigenvalue weighted by Crippen LogP contribution is -2.65. The number of ether oxygens (including phenoxy) is 2. The molecule has 0 aromatic rings. The number of esters is 2. The molecule has 6 rings (SSSR count). The van der Waals surface area contributed by atoms with E-state index in [0.717, 1.165) is 30.4 Å². The predicted octanol–water partition coefficient (Wildman–Crippen LogP) is 4.45. The fraction of sp³-hybridized carbons (Fsp3) is 0.791. The van der Waals surface area contributed by atoms with Crippen LogP contribution in [-0.4, -0.2) is 95.3 Å². The van der Waals surface area contributed by atoms with Crippen molar-refractivity contribution in [1.82, 2.24) is 4.90 Å². The van der Waals surface area contributed by atoms with Crippen LogP contribution in [0.15, 0.2) is 23.3 Å². The molecule has 11 nitrogen and oxygen atoms in total. The Morgan fingerprint density at radius 1 is 0.833 bits per heavy atom. The normalized spacial score (nSPS) is 46.1. The molecule has 0 heterocycles. The van der Waals surface area contributed by atoms with E-state index in [1.54, 1.807) is 13.1 Å². The van der Waals surface area contributed by atoms with Crippen molar-refractivity contribution in [3.05, 3.63) is 23.3 Å². The number of rotatable bonds is 6. The van der Waals surface area contributed by atoms with Crippen molar-refractivity contribution in [2.75, 3.05) is 27.3 Å². The topological polar surface area (TPSA) is 168 Å². The van der Waals surface area contributed by atoms with Gasteiger partial charge in [-0.2, -0.15) is 0 Å². The number of aliphatic hydroxyl groups excluding tert-OH is 3. The minimum atomic E-state index is -1.25. The highest BCUT2D eigenvalue weighted by Crippen LogP contribution is 2.65. The zero-order valence-corrected chi connectivity index (χ0v) is 33.5. The summed E-state index contributed by atoms with van der Waals surface area (Å²) in [6.07, 6.45) is 6.29. The quantitative estimate of drug-likeness (QED) is 0.261. The fourth-order valence-corrected chi connectivity index (χ4v) is 13.4. The molecular weight excluding hydrogens is 690 g/mol. The van der Waals surface area contributed by atoms with Crippen LogP contribution in [0.1, 0.15) is 99.3 Å². The van der Waals surface area contributed by atoms with Crippen LogP contribution in [0, 0.1) is 69.5 Å². The van der Waals surface area contributed by atoms with E-state index in [-0.39, 0.29) is 72.1 Å². The van der Waals surface area contributed by atoms with Crippen LogP contribution >= 0.6 is 0 Å². The summed E-state index contributed by atoms with van der Waals surface area (Å²) >= 11 is 0. The van der Waals surface area contributed by atoms with Crippen molar-refractivity contribution < 1.29 is 48.8 Å². The van der Waals surface area contributed by atoms with Gasteiger partial charge in [-0.15, -0.1) is 0 Å². The van der Waals surface area contributed by atoms with Crippen LogP contribution < -0.4 is 0 Å². The van der Waals surface area contributed by atoms with Crippen molar-refractivity contribution in [2.24, 2.45) is 69.5 Å². The van der Waals surface area contributed by atoms with Gasteiger partial charge in [-0.1, -0.05) is 52.2 Å². The SMILES string of the molecule is COC(=O)C1(C)CCCC2(C)C3CCC(=CC(=O)OC4CCC5(C)C6CCC(=CC(=O)N(C)CCO)C(C)C6C(O)C(=O)C5C4C)C(C)C3C(O)C(=O)C12. The molecule has 1 amide bonds. The van der Waals surface area contributed by atoms with E-state index in [4.69, 9.17) is 9.47 Å². The Bertz CT molecular complexity index is 1600. The molecule has 6 saturated carbocycles. The lowest BCUT2D eigenvalue weighted by Gasteiger charge is -2.61. The van der Waals surface area contributed by atoms with E-state index in [0.29, 0.717) is 38.5 Å². The Morgan fingerprint density at radius 3 is 2.00 bits per heavy atom. The molecule has 300 valence electrons. The van der Waals surface area contributed by atoms with E-state index in [9.17, 15) is 39.3 Å². The molecule has 54 heavy (non-hydrogen) atoms. The van der Waals surface area contributed by atoms with E-state index >= 15 is 0 Å². The van der Waals surface area contributed by atoms with Gasteiger partial charge in [-0.25, -0.2) is 4.79 Å². The zero-order valence-electron chi connectivity index (χ0n) is 33.5. The van der Waals surface area contributed by atoms with Gasteiger partial charge in [0.15, 0.2) is 11.6 Å². The molecule has 15 atom stereocenters. The lowest BCUT2D eigenvalue weighted by molar-refractivity contribution is -0.193. The van der Waals surface area contributed by atoms with Gasteiger partial charge in [0.2, 0.25) is 5.91 Å². The minimum Gasteiger partial charge on any atom is -0.469 e. The summed E-state index contributed by atoms with van der Waals surface area (Å²) < 4.78 is 11.3. The standard InChI is InChI=1S/C43H63NO10/c1-22-25(20-30(46)44(7)18-19-45)10-12-27-32(22)35(48)37(50)34-24(3)29(14-17-41(27,34)4)54-31(47)21-26-11-13-28-33(23(26)2)36(49)38(51)39-42(28,5)15-9-16-43(39,6)40(52)53-8/h20-24,27-29,32-36,39,45,48-49H,9-19H2,1-8H3. The predicted molar refractivity (Wildman–Crippen MR) is 199 cm³/mol. The van der Waals surface area contributed by atoms with E-state index in [1.807, 2.05) is 27.7 Å². The van der Waals surface area contributed by atoms with Gasteiger partial charge in [0.25, 0.3) is 0 Å². The number of carbonyl (C=O) groups is 5. The number of allylic oxidation sites excluding steroid dienone is 2. The summed E-state index contributed by atoms with van der Waals surface area (Å²) in [5.41, 5.74) is -0.115. The maximum absolute atomic E-state index is 14.1. The summed E-state index contributed by atoms with van der Waals surface area (Å²) in [4.78, 5) is 69.0. The zero-order chi connectivity index (χ0) is 39.7. The number of nitrogens with zero attached hydrogens (tertiary/aromatic N) is 1. The monoisotopic (exact) mass is 753 g/mol. The molecule has 0 aliphatic heterocycles. The molecule has 0 saturated heterocycles. The molecule has 0 aromatic heterocycles. The highest BCUT2D eigenvalue weighted by molar-refractivity contribution is 5.94. The van der Waals surface area contributed by atoms with Gasteiger partial charge in [-0.3, -0.25) is 19.2 Å². The summed E-state index contributed by atoms with van der Waals surface area (Å²) in [7, 11) is 2.99. The Hall–Kier alpha value is -2.89. The Labute approximate surface area is 320 Å². The molecule has 0 aromatic carbocycles. The molecule has 0 radical (unpaired) electrons. The second-order valence-corrected chi connectivity index (χ2v) is 18.7. The number of hydrogen-bond donors (Lipinski definition) is 3. The highest BCUT2D eigenvalue weighted by atomic mass is 16.5. The van der Waals surface area contributed by atoms with Gasteiger partial charge in [0.1, 0.15) is 18.3 Å². The maximum atomic E-state index is 14.1. The summed E-state index contributed by atoms with van der Waals surface area (Å²) in [6.45, 7) is 12.1. The van der Waals surface area contributed by atoms with Gasteiger partial charge < -0.3 is 29.7 Å². The molecular formula is C43H63NO10. The Morgan fingerprint density at radius 2 is 1.41 bits per heavy atom. The van der Waals surface area contributed by atoms with Crippen molar-refractivity contribution >= 4 is 29.4 Å². The smallest absolute Gasteiger partial charge is 0.330 e. The van der Waals surface area contributed by atoms with Gasteiger partial charge in [0, 0.05) is 55.3 Å². The molecule has 0 bridgehead atoms. The third-order valence-electron chi connectivity index (χ3n) is 16.2. The number of ketones is 2. The minimum absolute atomic E-state index is 0.00609. The largest absolute Gasteiger partial charge is 0.469 e. The number of carbonyl (C=O) groups excluding carboxylic acids is 5. The third kappa shape index (κ3) is 6.32. The molecule has 11 heteroatoms. The van der Waals surface area contributed by atoms with Crippen LogP contribution in [-0.2, 0) is 33.4 Å². The van der Waals surface area contributed by atoms with Crippen molar-refractivity contribution in [3.8, 4) is 0 Å². The van der Waals surface area contributed by atoms with Crippen LogP contribution in [0.5, 0.6) is 0 Å². The lowest BCUT2D eigenvalue weighted by atomic mass is 9.42. The van der Waals surface area contributed by atoms with Crippen molar-refractivity contribution in [1.29, 1.82) is 0 Å². The number of amides is 1. The first-order valence-electron chi connectivity index (χ1n) is 20.4. The van der Waals surface area contributed by atoms with Gasteiger partial charge in [0.05, 0.1) is 19.1 Å². The number of hydrogen-bond acceptors (Lipinski definition) is 10. The first kappa shape index (κ1) is 40.8. The van der Waals surface area contributed by atoms with Crippen LogP contribution in [0.2, 0.25) is 0 Å². The van der Waals surface area contributed by atoms with Gasteiger partial charge in [-0.05, 0) is 92.8 Å². The number of methoxy groups -OCH3 is 1. The number of aliphatic hydroxyl groups is 3. The third-order valence-corrected chi connectivity index (χ3v) is 16.2. The first-order chi connectivity index (χ1) is 25.4. The van der Waals surface area contributed by atoms with E-state index in [1.165, 1.54) is 18.1 Å². The second kappa shape index (κ2) is 14.9. The average Bonchev–Trinajstić information content (AvgIpc) is 3.12. The molecule has 6 aliphatic carbocycles. The molecule has 0 spiro atoms. The fourth-order valence-electron chi connectivity index (χ4n) is 13.4. The Kier molecular flexibility index (Phi) is 11.2. The first-order valence-corrected chi connectivity index (χ1v) is 20.4. The maximum Gasteiger partial charge on any atom is 0.330 e. The van der Waals surface area contributed by atoms with Gasteiger partial charge >= 0.3 is 11.9 Å². The summed E-state index contributed by atoms with van der Waals surface area (Å²) in [5, 5.41) is 32.4. The molecule has 6 fully saturated rings. The van der Waals surface area contributed by atoms with Crippen LogP contribution in [0.4, 0.5) is 0 Å².